The van der Waals surface area contributed by atoms with E-state index >= 15 is 0 Å². The van der Waals surface area contributed by atoms with Gasteiger partial charge in [0.25, 0.3) is 0 Å². The van der Waals surface area contributed by atoms with Crippen LogP contribution in [-0.4, -0.2) is 26.6 Å². The monoisotopic (exact) mass is 344 g/mol. The second kappa shape index (κ2) is 8.62. The van der Waals surface area contributed by atoms with Gasteiger partial charge in [0.15, 0.2) is 0 Å². The van der Waals surface area contributed by atoms with Crippen LogP contribution >= 0.6 is 0 Å². The van der Waals surface area contributed by atoms with Crippen LogP contribution in [0.3, 0.4) is 0 Å². The Morgan fingerprint density at radius 3 is 1.19 bits per heavy atom. The van der Waals surface area contributed by atoms with E-state index in [1.54, 1.807) is 14.2 Å². The summed E-state index contributed by atoms with van der Waals surface area (Å²) in [6.45, 7) is 0. The number of nitrogens with zero attached hydrogens (tertiary/aromatic N) is 2. The predicted octanol–water partition coefficient (Wildman–Crippen LogP) is 5.21. The van der Waals surface area contributed by atoms with Crippen molar-refractivity contribution < 1.29 is 9.47 Å². The van der Waals surface area contributed by atoms with Gasteiger partial charge in [-0.15, -0.1) is 0 Å². The molecule has 0 aliphatic carbocycles. The maximum atomic E-state index is 5.14. The van der Waals surface area contributed by atoms with Crippen molar-refractivity contribution in [2.45, 2.75) is 0 Å². The fraction of sp³-hybridized carbons (Fsp3) is 0.0909. The zero-order valence-corrected chi connectivity index (χ0v) is 14.8. The van der Waals surface area contributed by atoms with Crippen LogP contribution in [0.1, 0.15) is 11.1 Å². The third kappa shape index (κ3) is 4.80. The molecule has 0 N–H and O–H groups in total. The fourth-order valence-corrected chi connectivity index (χ4v) is 2.30. The Morgan fingerprint density at radius 1 is 0.538 bits per heavy atom. The molecule has 130 valence electrons. The van der Waals surface area contributed by atoms with Crippen LogP contribution in [0, 0.1) is 0 Å². The SMILES string of the molecule is COc1ccc(/N=C/c2ccc(/C=N/c3ccc(OC)cc3)cc2)cc1. The molecule has 0 aromatic heterocycles. The Morgan fingerprint density at radius 2 is 0.885 bits per heavy atom. The lowest BCUT2D eigenvalue weighted by Crippen LogP contribution is -1.85. The highest BCUT2D eigenvalue weighted by Gasteiger charge is 1.94. The van der Waals surface area contributed by atoms with Gasteiger partial charge in [0.1, 0.15) is 11.5 Å². The van der Waals surface area contributed by atoms with Gasteiger partial charge >= 0.3 is 0 Å². The van der Waals surface area contributed by atoms with E-state index in [0.29, 0.717) is 0 Å². The second-order valence-electron chi connectivity index (χ2n) is 5.58. The molecule has 0 atom stereocenters. The highest BCUT2D eigenvalue weighted by atomic mass is 16.5. The zero-order chi connectivity index (χ0) is 18.2. The molecule has 0 aliphatic heterocycles. The van der Waals surface area contributed by atoms with E-state index in [-0.39, 0.29) is 0 Å². The topological polar surface area (TPSA) is 43.2 Å². The highest BCUT2D eigenvalue weighted by molar-refractivity contribution is 5.86. The molecule has 4 nitrogen and oxygen atoms in total. The van der Waals surface area contributed by atoms with Crippen molar-refractivity contribution in [3.63, 3.8) is 0 Å². The Kier molecular flexibility index (Phi) is 5.78. The van der Waals surface area contributed by atoms with Crippen molar-refractivity contribution in [2.75, 3.05) is 14.2 Å². The van der Waals surface area contributed by atoms with Crippen LogP contribution in [0.4, 0.5) is 11.4 Å². The fourth-order valence-electron chi connectivity index (χ4n) is 2.30. The van der Waals surface area contributed by atoms with E-state index in [2.05, 4.69) is 9.98 Å². The minimum atomic E-state index is 0.824. The summed E-state index contributed by atoms with van der Waals surface area (Å²) >= 11 is 0. The molecule has 26 heavy (non-hydrogen) atoms. The first kappa shape index (κ1) is 17.4. The van der Waals surface area contributed by atoms with E-state index in [4.69, 9.17) is 9.47 Å². The summed E-state index contributed by atoms with van der Waals surface area (Å²) in [7, 11) is 3.30. The molecule has 0 fully saturated rings. The van der Waals surface area contributed by atoms with Crippen LogP contribution in [0.25, 0.3) is 0 Å². The van der Waals surface area contributed by atoms with Gasteiger partial charge in [0.2, 0.25) is 0 Å². The van der Waals surface area contributed by atoms with Crippen LogP contribution in [0.15, 0.2) is 82.8 Å². The number of ether oxygens (including phenoxy) is 2. The van der Waals surface area contributed by atoms with Crippen molar-refractivity contribution >= 4 is 23.8 Å². The van der Waals surface area contributed by atoms with Crippen molar-refractivity contribution in [1.29, 1.82) is 0 Å². The first-order valence-corrected chi connectivity index (χ1v) is 8.23. The first-order chi connectivity index (χ1) is 12.8. The first-order valence-electron chi connectivity index (χ1n) is 8.23. The molecular weight excluding hydrogens is 324 g/mol. The zero-order valence-electron chi connectivity index (χ0n) is 14.8. The van der Waals surface area contributed by atoms with Crippen LogP contribution in [0.2, 0.25) is 0 Å². The number of methoxy groups -OCH3 is 2. The van der Waals surface area contributed by atoms with Gasteiger partial charge < -0.3 is 9.47 Å². The molecule has 4 heteroatoms. The standard InChI is InChI=1S/C22H20N2O2/c1-25-21-11-7-19(8-12-21)23-15-17-3-5-18(6-4-17)16-24-20-9-13-22(26-2)14-10-20/h3-16H,1-2H3/b23-15+,24-16+. The Bertz CT molecular complexity index is 804. The number of aliphatic imine (C=N–C) groups is 2. The number of rotatable bonds is 6. The average molecular weight is 344 g/mol. The summed E-state index contributed by atoms with van der Waals surface area (Å²) in [6, 6.07) is 23.3. The van der Waals surface area contributed by atoms with Gasteiger partial charge in [-0.2, -0.15) is 0 Å². The largest absolute Gasteiger partial charge is 0.497 e. The van der Waals surface area contributed by atoms with Gasteiger partial charge in [-0.25, -0.2) is 0 Å². The van der Waals surface area contributed by atoms with E-state index < -0.39 is 0 Å². The quantitative estimate of drug-likeness (QED) is 0.577. The van der Waals surface area contributed by atoms with E-state index in [0.717, 1.165) is 34.0 Å². The van der Waals surface area contributed by atoms with Crippen LogP contribution in [0.5, 0.6) is 11.5 Å². The minimum absolute atomic E-state index is 0.824. The number of hydrogen-bond donors (Lipinski definition) is 0. The molecule has 0 radical (unpaired) electrons. The average Bonchev–Trinajstić information content (AvgIpc) is 2.72. The highest BCUT2D eigenvalue weighted by Crippen LogP contribution is 2.18. The van der Waals surface area contributed by atoms with Gasteiger partial charge in [-0.1, -0.05) is 24.3 Å². The summed E-state index contributed by atoms with van der Waals surface area (Å²) in [6.07, 6.45) is 3.68. The van der Waals surface area contributed by atoms with Crippen LogP contribution in [-0.2, 0) is 0 Å². The van der Waals surface area contributed by atoms with E-state index in [9.17, 15) is 0 Å². The van der Waals surface area contributed by atoms with Crippen molar-refractivity contribution in [2.24, 2.45) is 9.98 Å². The number of benzene rings is 3. The molecule has 0 saturated heterocycles. The van der Waals surface area contributed by atoms with Crippen molar-refractivity contribution in [3.05, 3.63) is 83.9 Å². The molecule has 0 bridgehead atoms. The normalized spacial score (nSPS) is 11.2. The molecule has 3 rings (SSSR count). The smallest absolute Gasteiger partial charge is 0.119 e. The van der Waals surface area contributed by atoms with Gasteiger partial charge in [0.05, 0.1) is 25.6 Å². The summed E-state index contributed by atoms with van der Waals surface area (Å²) in [5.74, 6) is 1.65. The van der Waals surface area contributed by atoms with Gasteiger partial charge in [0, 0.05) is 12.4 Å². The van der Waals surface area contributed by atoms with Gasteiger partial charge in [-0.3, -0.25) is 9.98 Å². The van der Waals surface area contributed by atoms with E-state index in [1.807, 2.05) is 85.2 Å². The summed E-state index contributed by atoms with van der Waals surface area (Å²) in [4.78, 5) is 8.93. The molecule has 3 aromatic rings. The summed E-state index contributed by atoms with van der Waals surface area (Å²) in [5.41, 5.74) is 3.83. The summed E-state index contributed by atoms with van der Waals surface area (Å²) in [5, 5.41) is 0. The molecule has 0 amide bonds. The predicted molar refractivity (Wildman–Crippen MR) is 107 cm³/mol. The molecule has 0 saturated carbocycles. The third-order valence-electron chi connectivity index (χ3n) is 3.81. The Hall–Kier alpha value is -3.40. The summed E-state index contributed by atoms with van der Waals surface area (Å²) < 4.78 is 10.3. The third-order valence-corrected chi connectivity index (χ3v) is 3.81. The second-order valence-corrected chi connectivity index (χ2v) is 5.58. The van der Waals surface area contributed by atoms with Crippen molar-refractivity contribution in [1.82, 2.24) is 0 Å². The maximum Gasteiger partial charge on any atom is 0.119 e. The lowest BCUT2D eigenvalue weighted by Gasteiger charge is -2.00. The lowest BCUT2D eigenvalue weighted by molar-refractivity contribution is 0.415. The molecular formula is C22H20N2O2. The molecule has 0 heterocycles. The van der Waals surface area contributed by atoms with Crippen LogP contribution < -0.4 is 9.47 Å². The number of hydrogen-bond acceptors (Lipinski definition) is 4. The Labute approximate surface area is 153 Å². The minimum Gasteiger partial charge on any atom is -0.497 e. The molecule has 0 aliphatic rings. The van der Waals surface area contributed by atoms with Gasteiger partial charge in [-0.05, 0) is 59.7 Å². The maximum absolute atomic E-state index is 5.14. The van der Waals surface area contributed by atoms with E-state index in [1.165, 1.54) is 0 Å². The van der Waals surface area contributed by atoms with Crippen molar-refractivity contribution in [3.8, 4) is 11.5 Å². The Balaban J connectivity index is 1.63. The lowest BCUT2D eigenvalue weighted by atomic mass is 10.1. The molecule has 0 spiro atoms. The molecule has 3 aromatic carbocycles. The molecule has 0 unspecified atom stereocenters.